The van der Waals surface area contributed by atoms with Crippen molar-refractivity contribution in [2.45, 2.75) is 6.92 Å². The SMILES string of the molecule is Cc1cc(C#N)ccc1-c1ccc(Cl)cc1. The number of hydrogen-bond acceptors (Lipinski definition) is 1. The van der Waals surface area contributed by atoms with Crippen LogP contribution >= 0.6 is 11.6 Å². The lowest BCUT2D eigenvalue weighted by atomic mass is 9.99. The zero-order chi connectivity index (χ0) is 11.5. The molecule has 0 atom stereocenters. The minimum atomic E-state index is 0.690. The summed E-state index contributed by atoms with van der Waals surface area (Å²) in [6, 6.07) is 15.5. The first-order valence-corrected chi connectivity index (χ1v) is 5.35. The van der Waals surface area contributed by atoms with Gasteiger partial charge in [0.25, 0.3) is 0 Å². The van der Waals surface area contributed by atoms with Crippen molar-refractivity contribution in [3.63, 3.8) is 0 Å². The van der Waals surface area contributed by atoms with E-state index in [1.807, 2.05) is 49.4 Å². The van der Waals surface area contributed by atoms with Gasteiger partial charge >= 0.3 is 0 Å². The molecule has 2 aromatic carbocycles. The summed E-state index contributed by atoms with van der Waals surface area (Å²) in [7, 11) is 0. The average molecular weight is 228 g/mol. The molecule has 2 heteroatoms. The Kier molecular flexibility index (Phi) is 2.94. The summed E-state index contributed by atoms with van der Waals surface area (Å²) in [6.07, 6.45) is 0. The number of rotatable bonds is 1. The molecule has 0 aliphatic carbocycles. The van der Waals surface area contributed by atoms with Crippen molar-refractivity contribution in [3.8, 4) is 17.2 Å². The molecule has 0 unspecified atom stereocenters. The lowest BCUT2D eigenvalue weighted by Crippen LogP contribution is -1.84. The Morgan fingerprint density at radius 1 is 1.06 bits per heavy atom. The molecule has 0 saturated heterocycles. The fraction of sp³-hybridized carbons (Fsp3) is 0.0714. The molecule has 2 aromatic rings. The van der Waals surface area contributed by atoms with E-state index in [1.54, 1.807) is 0 Å². The minimum absolute atomic E-state index is 0.690. The fourth-order valence-electron chi connectivity index (χ4n) is 1.69. The Balaban J connectivity index is 2.49. The predicted molar refractivity (Wildman–Crippen MR) is 66.3 cm³/mol. The quantitative estimate of drug-likeness (QED) is 0.717. The summed E-state index contributed by atoms with van der Waals surface area (Å²) in [6.45, 7) is 2.00. The molecule has 0 amide bonds. The molecule has 78 valence electrons. The smallest absolute Gasteiger partial charge is 0.0991 e. The maximum absolute atomic E-state index is 8.79. The van der Waals surface area contributed by atoms with E-state index >= 15 is 0 Å². The highest BCUT2D eigenvalue weighted by molar-refractivity contribution is 6.30. The summed E-state index contributed by atoms with van der Waals surface area (Å²) < 4.78 is 0. The van der Waals surface area contributed by atoms with Crippen molar-refractivity contribution >= 4 is 11.6 Å². The minimum Gasteiger partial charge on any atom is -0.192 e. The first-order chi connectivity index (χ1) is 7.70. The normalized spacial score (nSPS) is 9.81. The van der Waals surface area contributed by atoms with Crippen LogP contribution in [0.25, 0.3) is 11.1 Å². The van der Waals surface area contributed by atoms with Gasteiger partial charge in [-0.3, -0.25) is 0 Å². The van der Waals surface area contributed by atoms with E-state index in [9.17, 15) is 0 Å². The van der Waals surface area contributed by atoms with Gasteiger partial charge in [0.05, 0.1) is 11.6 Å². The first kappa shape index (κ1) is 10.7. The number of nitrogens with zero attached hydrogens (tertiary/aromatic N) is 1. The molecule has 0 fully saturated rings. The van der Waals surface area contributed by atoms with Gasteiger partial charge in [-0.25, -0.2) is 0 Å². The molecule has 0 spiro atoms. The molecule has 0 aromatic heterocycles. The molecule has 0 bridgehead atoms. The second kappa shape index (κ2) is 4.38. The van der Waals surface area contributed by atoms with E-state index in [0.29, 0.717) is 5.56 Å². The molecular weight excluding hydrogens is 218 g/mol. The van der Waals surface area contributed by atoms with Crippen LogP contribution in [0.4, 0.5) is 0 Å². The lowest BCUT2D eigenvalue weighted by Gasteiger charge is -2.06. The zero-order valence-electron chi connectivity index (χ0n) is 8.87. The fourth-order valence-corrected chi connectivity index (χ4v) is 1.81. The number of benzene rings is 2. The summed E-state index contributed by atoms with van der Waals surface area (Å²) >= 11 is 5.84. The van der Waals surface area contributed by atoms with Crippen molar-refractivity contribution < 1.29 is 0 Å². The zero-order valence-corrected chi connectivity index (χ0v) is 9.62. The maximum Gasteiger partial charge on any atom is 0.0991 e. The van der Waals surface area contributed by atoms with Crippen molar-refractivity contribution in [2.75, 3.05) is 0 Å². The van der Waals surface area contributed by atoms with Crippen LogP contribution in [0.15, 0.2) is 42.5 Å². The van der Waals surface area contributed by atoms with E-state index < -0.39 is 0 Å². The number of halogens is 1. The second-order valence-electron chi connectivity index (χ2n) is 3.65. The van der Waals surface area contributed by atoms with Gasteiger partial charge in [-0.1, -0.05) is 29.8 Å². The third-order valence-corrected chi connectivity index (χ3v) is 2.76. The Hall–Kier alpha value is -1.78. The van der Waals surface area contributed by atoms with Crippen molar-refractivity contribution in [1.82, 2.24) is 0 Å². The van der Waals surface area contributed by atoms with Crippen LogP contribution in [-0.2, 0) is 0 Å². The van der Waals surface area contributed by atoms with Crippen LogP contribution in [0.5, 0.6) is 0 Å². The van der Waals surface area contributed by atoms with Crippen molar-refractivity contribution in [1.29, 1.82) is 5.26 Å². The van der Waals surface area contributed by atoms with E-state index in [1.165, 1.54) is 0 Å². The molecule has 0 aliphatic rings. The summed E-state index contributed by atoms with van der Waals surface area (Å²) in [5.74, 6) is 0. The van der Waals surface area contributed by atoms with Gasteiger partial charge in [0, 0.05) is 5.02 Å². The largest absolute Gasteiger partial charge is 0.192 e. The summed E-state index contributed by atoms with van der Waals surface area (Å²) in [5.41, 5.74) is 4.04. The molecular formula is C14H10ClN. The maximum atomic E-state index is 8.79. The monoisotopic (exact) mass is 227 g/mol. The van der Waals surface area contributed by atoms with Gasteiger partial charge in [0.2, 0.25) is 0 Å². The number of aryl methyl sites for hydroxylation is 1. The van der Waals surface area contributed by atoms with Crippen molar-refractivity contribution in [2.24, 2.45) is 0 Å². The first-order valence-electron chi connectivity index (χ1n) is 4.97. The Morgan fingerprint density at radius 3 is 2.31 bits per heavy atom. The van der Waals surface area contributed by atoms with Crippen molar-refractivity contribution in [3.05, 3.63) is 58.6 Å². The van der Waals surface area contributed by atoms with Crippen LogP contribution in [0.2, 0.25) is 5.02 Å². The molecule has 0 saturated carbocycles. The third-order valence-electron chi connectivity index (χ3n) is 2.51. The van der Waals surface area contributed by atoms with Gasteiger partial charge in [-0.05, 0) is 47.9 Å². The molecule has 1 nitrogen and oxygen atoms in total. The molecule has 0 aliphatic heterocycles. The number of hydrogen-bond donors (Lipinski definition) is 0. The van der Waals surface area contributed by atoms with E-state index in [0.717, 1.165) is 21.7 Å². The Morgan fingerprint density at radius 2 is 1.75 bits per heavy atom. The summed E-state index contributed by atoms with van der Waals surface area (Å²) in [4.78, 5) is 0. The molecule has 0 radical (unpaired) electrons. The van der Waals surface area contributed by atoms with Gasteiger partial charge in [-0.15, -0.1) is 0 Å². The Labute approximate surface area is 99.9 Å². The molecule has 0 N–H and O–H groups in total. The van der Waals surface area contributed by atoms with Crippen LogP contribution in [0, 0.1) is 18.3 Å². The van der Waals surface area contributed by atoms with E-state index in [4.69, 9.17) is 16.9 Å². The topological polar surface area (TPSA) is 23.8 Å². The van der Waals surface area contributed by atoms with Crippen LogP contribution in [0.3, 0.4) is 0 Å². The lowest BCUT2D eigenvalue weighted by molar-refractivity contribution is 1.41. The standard InChI is InChI=1S/C14H10ClN/c1-10-8-11(9-16)2-7-14(10)12-3-5-13(15)6-4-12/h2-8H,1H3. The third kappa shape index (κ3) is 2.08. The molecule has 2 rings (SSSR count). The van der Waals surface area contributed by atoms with Gasteiger partial charge in [-0.2, -0.15) is 5.26 Å². The number of nitriles is 1. The van der Waals surface area contributed by atoms with Crippen LogP contribution in [-0.4, -0.2) is 0 Å². The highest BCUT2D eigenvalue weighted by atomic mass is 35.5. The highest BCUT2D eigenvalue weighted by Gasteiger charge is 2.02. The van der Waals surface area contributed by atoms with Crippen LogP contribution < -0.4 is 0 Å². The molecule has 16 heavy (non-hydrogen) atoms. The van der Waals surface area contributed by atoms with E-state index in [-0.39, 0.29) is 0 Å². The predicted octanol–water partition coefficient (Wildman–Crippen LogP) is 4.19. The van der Waals surface area contributed by atoms with Gasteiger partial charge < -0.3 is 0 Å². The molecule has 0 heterocycles. The average Bonchev–Trinajstić information content (AvgIpc) is 2.30. The second-order valence-corrected chi connectivity index (χ2v) is 4.08. The Bertz CT molecular complexity index is 550. The summed E-state index contributed by atoms with van der Waals surface area (Å²) in [5, 5.41) is 9.52. The van der Waals surface area contributed by atoms with Gasteiger partial charge in [0.15, 0.2) is 0 Å². The highest BCUT2D eigenvalue weighted by Crippen LogP contribution is 2.25. The van der Waals surface area contributed by atoms with Crippen LogP contribution in [0.1, 0.15) is 11.1 Å². The van der Waals surface area contributed by atoms with Gasteiger partial charge in [0.1, 0.15) is 0 Å². The van der Waals surface area contributed by atoms with E-state index in [2.05, 4.69) is 6.07 Å².